The lowest BCUT2D eigenvalue weighted by Gasteiger charge is -2.41. The van der Waals surface area contributed by atoms with Crippen LogP contribution in [0.25, 0.3) is 10.6 Å². The van der Waals surface area contributed by atoms with Crippen molar-refractivity contribution in [3.8, 4) is 10.6 Å². The molecular formula is C28H34Cl2N6OS2. The first-order chi connectivity index (χ1) is 19.0. The first-order valence-electron chi connectivity index (χ1n) is 14.0. The number of anilines is 3. The van der Waals surface area contributed by atoms with Gasteiger partial charge in [0.25, 0.3) is 5.91 Å². The quantitative estimate of drug-likeness (QED) is 0.319. The molecule has 2 saturated heterocycles. The number of piperidine rings is 1. The van der Waals surface area contributed by atoms with Gasteiger partial charge in [-0.05, 0) is 44.2 Å². The van der Waals surface area contributed by atoms with E-state index in [1.165, 1.54) is 49.9 Å². The fourth-order valence-electron chi connectivity index (χ4n) is 5.98. The molecule has 6 rings (SSSR count). The standard InChI is InChI=1S/C28H34Cl2N6OS2/c29-20-16-23(38-18-20)24-27(36-13-11-34(12-14-36)21-7-3-1-4-8-21)39-28(32-24)33-26(37)19-15-22(30)25(31-17-19)35-9-5-2-6-10-35/h15-18,21H,1-14H2,(H,32,33,37). The number of thiophene rings is 1. The second kappa shape index (κ2) is 12.3. The molecule has 3 aliphatic rings. The Hall–Kier alpha value is -1.91. The van der Waals surface area contributed by atoms with Crippen LogP contribution < -0.4 is 15.1 Å². The van der Waals surface area contributed by atoms with E-state index in [1.54, 1.807) is 23.6 Å². The third-order valence-corrected chi connectivity index (χ3v) is 10.7. The van der Waals surface area contributed by atoms with Gasteiger partial charge >= 0.3 is 0 Å². The Morgan fingerprint density at radius 2 is 1.67 bits per heavy atom. The maximum atomic E-state index is 13.2. The molecule has 0 bridgehead atoms. The van der Waals surface area contributed by atoms with Crippen LogP contribution in [0, 0.1) is 0 Å². The Balaban J connectivity index is 1.19. The summed E-state index contributed by atoms with van der Waals surface area (Å²) < 4.78 is 0. The normalized spacial score (nSPS) is 19.4. The summed E-state index contributed by atoms with van der Waals surface area (Å²) >= 11 is 16.0. The zero-order valence-corrected chi connectivity index (χ0v) is 25.1. The predicted molar refractivity (Wildman–Crippen MR) is 164 cm³/mol. The third-order valence-electron chi connectivity index (χ3n) is 8.06. The van der Waals surface area contributed by atoms with Crippen LogP contribution in [0.2, 0.25) is 10.0 Å². The van der Waals surface area contributed by atoms with Crippen LogP contribution in [-0.4, -0.2) is 66.1 Å². The van der Waals surface area contributed by atoms with Crippen LogP contribution in [0.5, 0.6) is 0 Å². The van der Waals surface area contributed by atoms with Gasteiger partial charge < -0.3 is 9.80 Å². The number of nitrogens with one attached hydrogen (secondary N) is 1. The molecule has 1 saturated carbocycles. The van der Waals surface area contributed by atoms with E-state index in [9.17, 15) is 4.79 Å². The second-order valence-corrected chi connectivity index (χ2v) is 13.4. The van der Waals surface area contributed by atoms with Crippen molar-refractivity contribution in [1.82, 2.24) is 14.9 Å². The second-order valence-electron chi connectivity index (χ2n) is 10.6. The van der Waals surface area contributed by atoms with Gasteiger partial charge in [0.2, 0.25) is 0 Å². The molecule has 3 aromatic rings. The summed E-state index contributed by atoms with van der Waals surface area (Å²) in [6.07, 6.45) is 11.9. The van der Waals surface area contributed by atoms with Crippen molar-refractivity contribution in [3.63, 3.8) is 0 Å². The molecule has 0 atom stereocenters. The van der Waals surface area contributed by atoms with Gasteiger partial charge in [-0.1, -0.05) is 53.8 Å². The Bertz CT molecular complexity index is 1290. The van der Waals surface area contributed by atoms with Crippen LogP contribution in [0.4, 0.5) is 16.0 Å². The molecule has 1 amide bonds. The number of piperazine rings is 1. The van der Waals surface area contributed by atoms with E-state index in [0.717, 1.165) is 79.5 Å². The molecule has 0 radical (unpaired) electrons. The molecule has 208 valence electrons. The molecule has 7 nitrogen and oxygen atoms in total. The van der Waals surface area contributed by atoms with Gasteiger partial charge in [-0.2, -0.15) is 0 Å². The van der Waals surface area contributed by atoms with Crippen molar-refractivity contribution in [2.45, 2.75) is 57.4 Å². The van der Waals surface area contributed by atoms with Crippen LogP contribution in [-0.2, 0) is 0 Å². The average molecular weight is 606 g/mol. The van der Waals surface area contributed by atoms with Gasteiger partial charge in [0.05, 0.1) is 20.5 Å². The molecule has 5 heterocycles. The summed E-state index contributed by atoms with van der Waals surface area (Å²) in [6.45, 7) is 5.92. The number of hydrogen-bond acceptors (Lipinski definition) is 8. The SMILES string of the molecule is O=C(Nc1nc(-c2cc(Cl)cs2)c(N2CCN(C3CCCCC3)CC2)s1)c1cnc(N2CCCCC2)c(Cl)c1. The molecule has 3 aromatic heterocycles. The number of halogens is 2. The summed E-state index contributed by atoms with van der Waals surface area (Å²) in [5, 5.41) is 7.81. The summed E-state index contributed by atoms with van der Waals surface area (Å²) in [5.41, 5.74) is 1.31. The van der Waals surface area contributed by atoms with Gasteiger partial charge in [0.1, 0.15) is 16.5 Å². The number of nitrogens with zero attached hydrogens (tertiary/aromatic N) is 5. The van der Waals surface area contributed by atoms with Crippen molar-refractivity contribution in [3.05, 3.63) is 39.3 Å². The fraction of sp³-hybridized carbons (Fsp3) is 0.536. The molecule has 2 aliphatic heterocycles. The molecular weight excluding hydrogens is 571 g/mol. The summed E-state index contributed by atoms with van der Waals surface area (Å²) in [5.74, 6) is 0.501. The highest BCUT2D eigenvalue weighted by Gasteiger charge is 2.28. The maximum Gasteiger partial charge on any atom is 0.259 e. The number of amides is 1. The molecule has 1 N–H and O–H groups in total. The predicted octanol–water partition coefficient (Wildman–Crippen LogP) is 7.27. The lowest BCUT2D eigenvalue weighted by molar-refractivity contribution is 0.102. The lowest BCUT2D eigenvalue weighted by Crippen LogP contribution is -2.50. The van der Waals surface area contributed by atoms with Crippen molar-refractivity contribution < 1.29 is 4.79 Å². The molecule has 11 heteroatoms. The number of thiazole rings is 1. The number of hydrogen-bond donors (Lipinski definition) is 1. The average Bonchev–Trinajstić information content (AvgIpc) is 3.60. The smallest absolute Gasteiger partial charge is 0.259 e. The van der Waals surface area contributed by atoms with E-state index in [0.29, 0.717) is 20.7 Å². The molecule has 0 aromatic carbocycles. The van der Waals surface area contributed by atoms with Gasteiger partial charge in [0.15, 0.2) is 5.13 Å². The third kappa shape index (κ3) is 6.22. The van der Waals surface area contributed by atoms with Crippen LogP contribution in [0.1, 0.15) is 61.7 Å². The molecule has 39 heavy (non-hydrogen) atoms. The summed E-state index contributed by atoms with van der Waals surface area (Å²) in [7, 11) is 0. The van der Waals surface area contributed by atoms with Gasteiger partial charge in [-0.15, -0.1) is 11.3 Å². The van der Waals surface area contributed by atoms with Crippen molar-refractivity contribution in [2.24, 2.45) is 0 Å². The largest absolute Gasteiger partial charge is 0.359 e. The fourth-order valence-corrected chi connectivity index (χ4v) is 8.42. The van der Waals surface area contributed by atoms with Crippen molar-refractivity contribution in [1.29, 1.82) is 0 Å². The first-order valence-corrected chi connectivity index (χ1v) is 16.5. The molecule has 0 spiro atoms. The zero-order chi connectivity index (χ0) is 26.8. The van der Waals surface area contributed by atoms with E-state index in [-0.39, 0.29) is 5.91 Å². The first kappa shape index (κ1) is 27.3. The molecule has 1 aliphatic carbocycles. The van der Waals surface area contributed by atoms with Crippen LogP contribution >= 0.6 is 45.9 Å². The van der Waals surface area contributed by atoms with E-state index in [2.05, 4.69) is 25.0 Å². The summed E-state index contributed by atoms with van der Waals surface area (Å²) in [6, 6.07) is 4.40. The zero-order valence-electron chi connectivity index (χ0n) is 22.0. The van der Waals surface area contributed by atoms with Gasteiger partial charge in [-0.3, -0.25) is 15.0 Å². The van der Waals surface area contributed by atoms with Crippen molar-refractivity contribution in [2.75, 3.05) is 54.4 Å². The molecule has 3 fully saturated rings. The van der Waals surface area contributed by atoms with Gasteiger partial charge in [0, 0.05) is 56.9 Å². The van der Waals surface area contributed by atoms with E-state index >= 15 is 0 Å². The highest BCUT2D eigenvalue weighted by molar-refractivity contribution is 7.21. The number of aromatic nitrogens is 2. The Kier molecular flexibility index (Phi) is 8.61. The number of carbonyl (C=O) groups excluding carboxylic acids is 1. The van der Waals surface area contributed by atoms with E-state index < -0.39 is 0 Å². The number of rotatable bonds is 6. The monoisotopic (exact) mass is 604 g/mol. The lowest BCUT2D eigenvalue weighted by atomic mass is 9.94. The minimum absolute atomic E-state index is 0.257. The minimum atomic E-state index is -0.257. The minimum Gasteiger partial charge on any atom is -0.359 e. The van der Waals surface area contributed by atoms with Crippen molar-refractivity contribution >= 4 is 67.7 Å². The maximum absolute atomic E-state index is 13.2. The topological polar surface area (TPSA) is 64.6 Å². The summed E-state index contributed by atoms with van der Waals surface area (Å²) in [4.78, 5) is 30.9. The Morgan fingerprint density at radius 1 is 0.923 bits per heavy atom. The Labute approximate surface area is 248 Å². The van der Waals surface area contributed by atoms with E-state index in [1.807, 2.05) is 11.4 Å². The van der Waals surface area contributed by atoms with E-state index in [4.69, 9.17) is 28.2 Å². The van der Waals surface area contributed by atoms with Crippen LogP contribution in [0.3, 0.4) is 0 Å². The Morgan fingerprint density at radius 3 is 2.36 bits per heavy atom. The number of carbonyl (C=O) groups is 1. The van der Waals surface area contributed by atoms with Gasteiger partial charge in [-0.25, -0.2) is 9.97 Å². The van der Waals surface area contributed by atoms with Crippen LogP contribution in [0.15, 0.2) is 23.7 Å². The highest BCUT2D eigenvalue weighted by atomic mass is 35.5. The molecule has 0 unspecified atom stereocenters. The number of pyridine rings is 1. The highest BCUT2D eigenvalue weighted by Crippen LogP contribution is 2.42.